The van der Waals surface area contributed by atoms with Crippen molar-refractivity contribution in [3.8, 4) is 0 Å². The third-order valence-electron chi connectivity index (χ3n) is 4.74. The van der Waals surface area contributed by atoms with Crippen molar-refractivity contribution in [1.82, 2.24) is 5.32 Å². The van der Waals surface area contributed by atoms with Gasteiger partial charge in [-0.15, -0.1) is 0 Å². The van der Waals surface area contributed by atoms with Crippen LogP contribution >= 0.6 is 0 Å². The van der Waals surface area contributed by atoms with E-state index >= 15 is 0 Å². The van der Waals surface area contributed by atoms with Crippen LogP contribution in [0.4, 0.5) is 8.78 Å². The predicted octanol–water partition coefficient (Wildman–Crippen LogP) is 2.97. The van der Waals surface area contributed by atoms with Crippen molar-refractivity contribution < 1.29 is 23.0 Å². The molecule has 3 rings (SSSR count). The minimum atomic E-state index is -0.581. The summed E-state index contributed by atoms with van der Waals surface area (Å²) in [6, 6.07) is 3.80. The zero-order valence-corrected chi connectivity index (χ0v) is 14.0. The Kier molecular flexibility index (Phi) is 4.88. The summed E-state index contributed by atoms with van der Waals surface area (Å²) in [5.41, 5.74) is 0.0333. The van der Waals surface area contributed by atoms with Crippen LogP contribution in [-0.2, 0) is 14.3 Å². The zero-order chi connectivity index (χ0) is 17.3. The van der Waals surface area contributed by atoms with Crippen molar-refractivity contribution in [3.05, 3.63) is 35.4 Å². The van der Waals surface area contributed by atoms with Gasteiger partial charge in [-0.05, 0) is 31.4 Å². The number of amides is 1. The molecule has 24 heavy (non-hydrogen) atoms. The smallest absolute Gasteiger partial charge is 0.223 e. The first-order valence-corrected chi connectivity index (χ1v) is 8.39. The number of carbonyl (C=O) groups is 1. The molecule has 4 nitrogen and oxygen atoms in total. The molecule has 0 radical (unpaired) electrons. The molecule has 1 heterocycles. The summed E-state index contributed by atoms with van der Waals surface area (Å²) in [4.78, 5) is 12.2. The topological polar surface area (TPSA) is 47.6 Å². The normalized spacial score (nSPS) is 26.2. The minimum absolute atomic E-state index is 0.0333. The highest BCUT2D eigenvalue weighted by Crippen LogP contribution is 2.49. The molecule has 1 saturated carbocycles. The van der Waals surface area contributed by atoms with E-state index in [1.165, 1.54) is 18.2 Å². The Bertz CT molecular complexity index is 596. The lowest BCUT2D eigenvalue weighted by Crippen LogP contribution is -2.35. The molecule has 0 bridgehead atoms. The molecule has 1 saturated heterocycles. The van der Waals surface area contributed by atoms with E-state index in [0.717, 1.165) is 0 Å². The van der Waals surface area contributed by atoms with E-state index < -0.39 is 17.4 Å². The molecule has 0 unspecified atom stereocenters. The summed E-state index contributed by atoms with van der Waals surface area (Å²) in [6.45, 7) is 5.58. The number of hydrogen-bond donors (Lipinski definition) is 1. The van der Waals surface area contributed by atoms with Gasteiger partial charge in [0.2, 0.25) is 5.91 Å². The van der Waals surface area contributed by atoms with Crippen LogP contribution in [0.3, 0.4) is 0 Å². The highest BCUT2D eigenvalue weighted by atomic mass is 19.1. The van der Waals surface area contributed by atoms with Gasteiger partial charge in [0, 0.05) is 30.4 Å². The number of ether oxygens (including phenoxy) is 2. The summed E-state index contributed by atoms with van der Waals surface area (Å²) in [6.07, 6.45) is 1.17. The Morgan fingerprint density at radius 1 is 1.33 bits per heavy atom. The molecule has 1 aromatic rings. The van der Waals surface area contributed by atoms with Gasteiger partial charge in [0.05, 0.1) is 13.2 Å². The molecule has 6 heteroatoms. The van der Waals surface area contributed by atoms with Crippen molar-refractivity contribution in [2.75, 3.05) is 19.8 Å². The fraction of sp³-hybridized carbons (Fsp3) is 0.611. The third-order valence-corrected chi connectivity index (χ3v) is 4.74. The Morgan fingerprint density at radius 2 is 1.96 bits per heavy atom. The number of carbonyl (C=O) groups excluding carboxylic acids is 1. The number of nitrogens with one attached hydrogen (secondary N) is 1. The molecule has 0 spiro atoms. The van der Waals surface area contributed by atoms with Gasteiger partial charge in [0.15, 0.2) is 5.79 Å². The predicted molar refractivity (Wildman–Crippen MR) is 84.3 cm³/mol. The van der Waals surface area contributed by atoms with Crippen LogP contribution in [0, 0.1) is 23.5 Å². The minimum Gasteiger partial charge on any atom is -0.356 e. The van der Waals surface area contributed by atoms with E-state index in [4.69, 9.17) is 9.47 Å². The van der Waals surface area contributed by atoms with E-state index in [9.17, 15) is 13.6 Å². The van der Waals surface area contributed by atoms with Crippen molar-refractivity contribution >= 4 is 5.91 Å². The molecule has 1 amide bonds. The molecule has 132 valence electrons. The SMILES string of the molecule is C[C@H](CNC(=O)[C@@H]1C[C@H]1c1c(F)cccc1F)CC1(C)OCCO1. The third kappa shape index (κ3) is 3.75. The molecule has 0 aromatic heterocycles. The second-order valence-electron chi connectivity index (χ2n) is 6.97. The van der Waals surface area contributed by atoms with Crippen LogP contribution in [0.15, 0.2) is 18.2 Å². The van der Waals surface area contributed by atoms with E-state index in [0.29, 0.717) is 32.6 Å². The Hall–Kier alpha value is -1.53. The molecule has 2 aliphatic rings. The summed E-state index contributed by atoms with van der Waals surface area (Å²) in [5.74, 6) is -2.41. The van der Waals surface area contributed by atoms with Gasteiger partial charge in [-0.2, -0.15) is 0 Å². The van der Waals surface area contributed by atoms with E-state index in [1.54, 1.807) is 0 Å². The lowest BCUT2D eigenvalue weighted by atomic mass is 10.0. The van der Waals surface area contributed by atoms with Gasteiger partial charge in [-0.3, -0.25) is 4.79 Å². The summed E-state index contributed by atoms with van der Waals surface area (Å²) < 4.78 is 38.6. The fourth-order valence-corrected chi connectivity index (χ4v) is 3.45. The second-order valence-corrected chi connectivity index (χ2v) is 6.97. The molecular formula is C18H23F2NO3. The van der Waals surface area contributed by atoms with Gasteiger partial charge in [0.1, 0.15) is 11.6 Å². The van der Waals surface area contributed by atoms with Crippen molar-refractivity contribution in [2.45, 2.75) is 38.4 Å². The number of hydrogen-bond acceptors (Lipinski definition) is 3. The molecule has 1 aliphatic carbocycles. The quantitative estimate of drug-likeness (QED) is 0.867. The van der Waals surface area contributed by atoms with Crippen LogP contribution < -0.4 is 5.32 Å². The average molecular weight is 339 g/mol. The standard InChI is InChI=1S/C18H23F2NO3/c1-11(9-18(2)23-6-7-24-18)10-21-17(22)13-8-12(13)16-14(19)4-3-5-15(16)20/h3-5,11-13H,6-10H2,1-2H3,(H,21,22)/t11-,12+,13+/m0/s1. The molecule has 1 N–H and O–H groups in total. The van der Waals surface area contributed by atoms with Crippen molar-refractivity contribution in [2.24, 2.45) is 11.8 Å². The number of benzene rings is 1. The van der Waals surface area contributed by atoms with Crippen molar-refractivity contribution in [1.29, 1.82) is 0 Å². The first-order valence-electron chi connectivity index (χ1n) is 8.39. The Labute approximate surface area is 140 Å². The highest BCUT2D eigenvalue weighted by molar-refractivity contribution is 5.82. The van der Waals surface area contributed by atoms with Crippen LogP contribution in [0.5, 0.6) is 0 Å². The molecule has 1 aliphatic heterocycles. The second kappa shape index (κ2) is 6.76. The highest BCUT2D eigenvalue weighted by Gasteiger charge is 2.46. The average Bonchev–Trinajstić information content (AvgIpc) is 3.19. The van der Waals surface area contributed by atoms with E-state index in [-0.39, 0.29) is 29.2 Å². The number of rotatable bonds is 6. The van der Waals surface area contributed by atoms with Crippen LogP contribution in [0.1, 0.15) is 38.2 Å². The molecule has 1 aromatic carbocycles. The maximum Gasteiger partial charge on any atom is 0.223 e. The lowest BCUT2D eigenvalue weighted by Gasteiger charge is -2.26. The first kappa shape index (κ1) is 17.3. The largest absolute Gasteiger partial charge is 0.356 e. The first-order chi connectivity index (χ1) is 11.4. The van der Waals surface area contributed by atoms with Crippen LogP contribution in [0.2, 0.25) is 0 Å². The van der Waals surface area contributed by atoms with Crippen LogP contribution in [0.25, 0.3) is 0 Å². The zero-order valence-electron chi connectivity index (χ0n) is 14.0. The van der Waals surface area contributed by atoms with Gasteiger partial charge >= 0.3 is 0 Å². The Balaban J connectivity index is 1.48. The molecule has 3 atom stereocenters. The van der Waals surface area contributed by atoms with Gasteiger partial charge in [-0.1, -0.05) is 13.0 Å². The fourth-order valence-electron chi connectivity index (χ4n) is 3.45. The maximum atomic E-state index is 13.8. The summed E-state index contributed by atoms with van der Waals surface area (Å²) in [5, 5.41) is 2.88. The summed E-state index contributed by atoms with van der Waals surface area (Å²) >= 11 is 0. The van der Waals surface area contributed by atoms with Gasteiger partial charge < -0.3 is 14.8 Å². The molecule has 2 fully saturated rings. The summed E-state index contributed by atoms with van der Waals surface area (Å²) in [7, 11) is 0. The molecular weight excluding hydrogens is 316 g/mol. The lowest BCUT2D eigenvalue weighted by molar-refractivity contribution is -0.154. The van der Waals surface area contributed by atoms with E-state index in [2.05, 4.69) is 5.32 Å². The van der Waals surface area contributed by atoms with Gasteiger partial charge in [-0.25, -0.2) is 8.78 Å². The van der Waals surface area contributed by atoms with Crippen molar-refractivity contribution in [3.63, 3.8) is 0 Å². The maximum absolute atomic E-state index is 13.8. The monoisotopic (exact) mass is 339 g/mol. The number of halogens is 2. The van der Waals surface area contributed by atoms with E-state index in [1.807, 2.05) is 13.8 Å². The van der Waals surface area contributed by atoms with Gasteiger partial charge in [0.25, 0.3) is 0 Å². The Morgan fingerprint density at radius 3 is 2.58 bits per heavy atom. The van der Waals surface area contributed by atoms with Crippen LogP contribution in [-0.4, -0.2) is 31.5 Å².